The number of thioether (sulfide) groups is 1. The van der Waals surface area contributed by atoms with Crippen molar-refractivity contribution in [2.75, 3.05) is 38.7 Å². The fraction of sp³-hybridized carbons (Fsp3) is 0.591. The average molecular weight is 466 g/mol. The van der Waals surface area contributed by atoms with Crippen molar-refractivity contribution in [1.29, 1.82) is 0 Å². The number of rotatable bonds is 8. The Balaban J connectivity index is 1.81. The van der Waals surface area contributed by atoms with E-state index in [4.69, 9.17) is 0 Å². The molecular weight excluding hydrogens is 433 g/mol. The van der Waals surface area contributed by atoms with E-state index in [9.17, 15) is 18.8 Å². The van der Waals surface area contributed by atoms with Gasteiger partial charge < -0.3 is 15.1 Å². The highest BCUT2D eigenvalue weighted by Gasteiger charge is 2.50. The smallest absolute Gasteiger partial charge is 0.334 e. The predicted molar refractivity (Wildman–Crippen MR) is 122 cm³/mol. The van der Waals surface area contributed by atoms with Gasteiger partial charge in [-0.25, -0.2) is 19.2 Å². The molecule has 1 aromatic rings. The van der Waals surface area contributed by atoms with Gasteiger partial charge >= 0.3 is 6.03 Å². The molecule has 0 bridgehead atoms. The van der Waals surface area contributed by atoms with Crippen LogP contribution in [0.25, 0.3) is 0 Å². The Bertz CT molecular complexity index is 824. The number of halogens is 1. The molecular formula is C22H32FN5O3S. The molecule has 10 heteroatoms. The number of unbranched alkanes of at least 4 members (excludes halogenated alkanes) is 1. The number of carbonyl (C=O) groups is 3. The molecule has 0 aliphatic carbocycles. The summed E-state index contributed by atoms with van der Waals surface area (Å²) in [5, 5.41) is 6.03. The quantitative estimate of drug-likeness (QED) is 0.637. The van der Waals surface area contributed by atoms with E-state index in [0.29, 0.717) is 13.0 Å². The van der Waals surface area contributed by atoms with E-state index in [2.05, 4.69) is 12.2 Å². The fourth-order valence-corrected chi connectivity index (χ4v) is 4.68. The van der Waals surface area contributed by atoms with E-state index in [0.717, 1.165) is 24.2 Å². The van der Waals surface area contributed by atoms with Crippen LogP contribution in [0, 0.1) is 5.82 Å². The van der Waals surface area contributed by atoms with Gasteiger partial charge in [0.25, 0.3) is 0 Å². The van der Waals surface area contributed by atoms with Crippen LogP contribution >= 0.6 is 11.8 Å². The molecule has 3 rings (SSSR count). The standard InChI is InChI=1S/C22H32FN5O3S/c1-4-5-11-26-14-19-27(18(21(26)30)10-12-32-3)20(29)15-25(2)28(19)22(31)24-13-16-6-8-17(23)9-7-16/h6-9,18-19H,4-5,10-15H2,1-3H3,(H,24,31)/t18-,19?/m0/s1. The summed E-state index contributed by atoms with van der Waals surface area (Å²) >= 11 is 1.63. The first-order valence-corrected chi connectivity index (χ1v) is 12.4. The van der Waals surface area contributed by atoms with Crippen molar-refractivity contribution in [3.8, 4) is 0 Å². The zero-order valence-corrected chi connectivity index (χ0v) is 19.7. The van der Waals surface area contributed by atoms with Gasteiger partial charge in [-0.05, 0) is 42.5 Å². The number of nitrogens with one attached hydrogen (secondary N) is 1. The second kappa shape index (κ2) is 11.0. The van der Waals surface area contributed by atoms with Crippen LogP contribution in [0.1, 0.15) is 31.7 Å². The number of carbonyl (C=O) groups excluding carboxylic acids is 3. The number of hydrogen-bond donors (Lipinski definition) is 1. The highest BCUT2D eigenvalue weighted by atomic mass is 32.2. The van der Waals surface area contributed by atoms with Gasteiger partial charge in [-0.1, -0.05) is 25.5 Å². The summed E-state index contributed by atoms with van der Waals surface area (Å²) in [6.45, 7) is 3.23. The maximum Gasteiger partial charge on any atom is 0.334 e. The molecule has 2 aliphatic rings. The van der Waals surface area contributed by atoms with Crippen molar-refractivity contribution in [3.05, 3.63) is 35.6 Å². The van der Waals surface area contributed by atoms with Gasteiger partial charge in [0.05, 0.1) is 13.1 Å². The third-order valence-corrected chi connectivity index (χ3v) is 6.53. The summed E-state index contributed by atoms with van der Waals surface area (Å²) in [6.07, 6.45) is 3.79. The van der Waals surface area contributed by atoms with E-state index < -0.39 is 12.2 Å². The highest BCUT2D eigenvalue weighted by molar-refractivity contribution is 7.98. The minimum absolute atomic E-state index is 0.0263. The summed E-state index contributed by atoms with van der Waals surface area (Å²) in [4.78, 5) is 42.8. The lowest BCUT2D eigenvalue weighted by molar-refractivity contribution is -0.187. The minimum Gasteiger partial charge on any atom is -0.337 e. The summed E-state index contributed by atoms with van der Waals surface area (Å²) in [6, 6.07) is 5.03. The highest BCUT2D eigenvalue weighted by Crippen LogP contribution is 2.28. The zero-order chi connectivity index (χ0) is 23.3. The third-order valence-electron chi connectivity index (χ3n) is 5.88. The summed E-state index contributed by atoms with van der Waals surface area (Å²) in [5.74, 6) is 0.240. The van der Waals surface area contributed by atoms with Gasteiger partial charge in [0.1, 0.15) is 18.0 Å². The largest absolute Gasteiger partial charge is 0.337 e. The molecule has 1 aromatic carbocycles. The van der Waals surface area contributed by atoms with Gasteiger partial charge in [-0.3, -0.25) is 9.59 Å². The zero-order valence-electron chi connectivity index (χ0n) is 18.9. The molecule has 8 nitrogen and oxygen atoms in total. The summed E-state index contributed by atoms with van der Waals surface area (Å²) in [7, 11) is 1.70. The average Bonchev–Trinajstić information content (AvgIpc) is 2.77. The Morgan fingerprint density at radius 1 is 1.25 bits per heavy atom. The van der Waals surface area contributed by atoms with Crippen LogP contribution in [-0.4, -0.2) is 88.6 Å². The van der Waals surface area contributed by atoms with Crippen molar-refractivity contribution in [2.24, 2.45) is 0 Å². The molecule has 0 radical (unpaired) electrons. The van der Waals surface area contributed by atoms with Crippen LogP contribution in [0.15, 0.2) is 24.3 Å². The van der Waals surface area contributed by atoms with E-state index in [1.165, 1.54) is 12.1 Å². The molecule has 0 spiro atoms. The lowest BCUT2D eigenvalue weighted by atomic mass is 10.0. The molecule has 176 valence electrons. The van der Waals surface area contributed by atoms with Crippen molar-refractivity contribution in [3.63, 3.8) is 0 Å². The number of hydrazine groups is 1. The number of fused-ring (bicyclic) bond motifs is 1. The molecule has 0 saturated carbocycles. The first kappa shape index (κ1) is 24.3. The Labute approximate surface area is 193 Å². The lowest BCUT2D eigenvalue weighted by Gasteiger charge is -2.54. The Kier molecular flexibility index (Phi) is 8.36. The van der Waals surface area contributed by atoms with Gasteiger partial charge in [-0.2, -0.15) is 11.8 Å². The number of amides is 4. The van der Waals surface area contributed by atoms with Crippen LogP contribution in [0.4, 0.5) is 9.18 Å². The Morgan fingerprint density at radius 2 is 1.97 bits per heavy atom. The maximum absolute atomic E-state index is 13.2. The molecule has 1 N–H and O–H groups in total. The number of piperazine rings is 1. The molecule has 2 saturated heterocycles. The van der Waals surface area contributed by atoms with E-state index in [1.807, 2.05) is 6.26 Å². The van der Waals surface area contributed by atoms with Crippen LogP contribution in [0.5, 0.6) is 0 Å². The third kappa shape index (κ3) is 5.35. The first-order chi connectivity index (χ1) is 15.4. The van der Waals surface area contributed by atoms with Gasteiger partial charge in [0.2, 0.25) is 11.8 Å². The number of benzene rings is 1. The molecule has 0 aromatic heterocycles. The van der Waals surface area contributed by atoms with E-state index in [1.54, 1.807) is 50.8 Å². The SMILES string of the molecule is CCCCN1CC2N(C(=O)CN(C)N2C(=O)NCc2ccc(F)cc2)[C@@H](CCSC)C1=O. The lowest BCUT2D eigenvalue weighted by Crippen LogP contribution is -2.76. The molecule has 32 heavy (non-hydrogen) atoms. The number of urea groups is 1. The second-order valence-corrected chi connectivity index (χ2v) is 9.15. The van der Waals surface area contributed by atoms with Crippen LogP contribution < -0.4 is 5.32 Å². The van der Waals surface area contributed by atoms with Gasteiger partial charge in [0.15, 0.2) is 0 Å². The van der Waals surface area contributed by atoms with Crippen LogP contribution in [0.3, 0.4) is 0 Å². The van der Waals surface area contributed by atoms with Crippen molar-refractivity contribution < 1.29 is 18.8 Å². The van der Waals surface area contributed by atoms with Crippen LogP contribution in [0.2, 0.25) is 0 Å². The van der Waals surface area contributed by atoms with E-state index in [-0.39, 0.29) is 43.3 Å². The summed E-state index contributed by atoms with van der Waals surface area (Å²) < 4.78 is 13.2. The Hall–Kier alpha value is -2.33. The van der Waals surface area contributed by atoms with Gasteiger partial charge in [0, 0.05) is 20.1 Å². The predicted octanol–water partition coefficient (Wildman–Crippen LogP) is 2.12. The van der Waals surface area contributed by atoms with Crippen molar-refractivity contribution >= 4 is 29.6 Å². The minimum atomic E-state index is -0.563. The van der Waals surface area contributed by atoms with Crippen molar-refractivity contribution in [2.45, 2.75) is 44.9 Å². The second-order valence-electron chi connectivity index (χ2n) is 8.16. The monoisotopic (exact) mass is 465 g/mol. The molecule has 2 aliphatic heterocycles. The normalized spacial score (nSPS) is 21.7. The van der Waals surface area contributed by atoms with E-state index >= 15 is 0 Å². The van der Waals surface area contributed by atoms with Crippen LogP contribution in [-0.2, 0) is 16.1 Å². The molecule has 4 amide bonds. The topological polar surface area (TPSA) is 76.2 Å². The molecule has 1 unspecified atom stereocenters. The maximum atomic E-state index is 13.2. The number of hydrogen-bond acceptors (Lipinski definition) is 5. The number of nitrogens with zero attached hydrogens (tertiary/aromatic N) is 4. The fourth-order valence-electron chi connectivity index (χ4n) is 4.22. The molecule has 2 atom stereocenters. The number of likely N-dealkylation sites (N-methyl/N-ethyl adjacent to an activating group) is 1. The molecule has 2 heterocycles. The van der Waals surface area contributed by atoms with Crippen molar-refractivity contribution in [1.82, 2.24) is 25.1 Å². The first-order valence-electron chi connectivity index (χ1n) is 11.0. The Morgan fingerprint density at radius 3 is 2.62 bits per heavy atom. The van der Waals surface area contributed by atoms with Gasteiger partial charge in [-0.15, -0.1) is 0 Å². The molecule has 2 fully saturated rings. The summed E-state index contributed by atoms with van der Waals surface area (Å²) in [5.41, 5.74) is 0.772.